The first-order valence-electron chi connectivity index (χ1n) is 8.84. The number of Topliss-reactive ketones (excluding diaryl/α,β-unsaturated/α-hetero) is 1. The fraction of sp³-hybridized carbons (Fsp3) is 0.684. The second kappa shape index (κ2) is 3.92. The van der Waals surface area contributed by atoms with E-state index in [2.05, 4.69) is 6.58 Å². The predicted octanol–water partition coefficient (Wildman–Crippen LogP) is 0.415. The molecule has 6 nitrogen and oxygen atoms in total. The summed E-state index contributed by atoms with van der Waals surface area (Å²) in [6, 6.07) is 0. The van der Waals surface area contributed by atoms with Crippen LogP contribution in [0.2, 0.25) is 0 Å². The van der Waals surface area contributed by atoms with Crippen molar-refractivity contribution in [2.75, 3.05) is 0 Å². The minimum absolute atomic E-state index is 0.184. The van der Waals surface area contributed by atoms with E-state index < -0.39 is 51.9 Å². The number of aliphatic carboxylic acids is 1. The second-order valence-corrected chi connectivity index (χ2v) is 9.07. The molecule has 0 radical (unpaired) electrons. The van der Waals surface area contributed by atoms with Gasteiger partial charge in [0.05, 0.1) is 23.0 Å². The molecule has 0 aromatic rings. The van der Waals surface area contributed by atoms with Gasteiger partial charge in [0.25, 0.3) is 0 Å². The lowest BCUT2D eigenvalue weighted by molar-refractivity contribution is -0.154. The van der Waals surface area contributed by atoms with Crippen LogP contribution in [-0.4, -0.2) is 49.5 Å². The number of hydrogen-bond acceptors (Lipinski definition) is 5. The molecule has 4 N–H and O–H groups in total. The minimum atomic E-state index is -1.54. The summed E-state index contributed by atoms with van der Waals surface area (Å²) in [6.45, 7) is 5.56. The summed E-state index contributed by atoms with van der Waals surface area (Å²) in [6.07, 6.45) is 1.80. The van der Waals surface area contributed by atoms with E-state index in [-0.39, 0.29) is 17.8 Å². The van der Waals surface area contributed by atoms with Crippen molar-refractivity contribution in [2.24, 2.45) is 28.6 Å². The number of aliphatic hydroxyl groups excluding tert-OH is 1. The van der Waals surface area contributed by atoms with E-state index in [9.17, 15) is 30.0 Å². The largest absolute Gasteiger partial charge is 0.481 e. The zero-order valence-electron chi connectivity index (χ0n) is 14.0. The molecule has 0 aliphatic heterocycles. The second-order valence-electron chi connectivity index (χ2n) is 9.07. The van der Waals surface area contributed by atoms with E-state index in [0.29, 0.717) is 24.8 Å². The van der Waals surface area contributed by atoms with Crippen molar-refractivity contribution in [3.05, 3.63) is 23.8 Å². The van der Waals surface area contributed by atoms with Gasteiger partial charge in [0, 0.05) is 11.5 Å². The summed E-state index contributed by atoms with van der Waals surface area (Å²) in [5, 5.41) is 43.1. The molecule has 0 unspecified atom stereocenters. The van der Waals surface area contributed by atoms with Gasteiger partial charge in [-0.1, -0.05) is 6.58 Å². The molecule has 134 valence electrons. The van der Waals surface area contributed by atoms with Crippen LogP contribution in [0.1, 0.15) is 32.6 Å². The van der Waals surface area contributed by atoms with Gasteiger partial charge in [-0.25, -0.2) is 0 Å². The standard InChI is InChI=1S/C19H22O6/c1-8-6-17-7-18(8,24)4-3-10(17)19(25)9-5-11(20)16(2,14(9)21)13(19)12(17)15(22)23/h5,10-13,20,24-25H,1,3-4,6-7H2,2H3,(H,22,23)/t10-,11+,12-,13-,16-,17+,18+,19-/m1/s1. The summed E-state index contributed by atoms with van der Waals surface area (Å²) < 4.78 is 0. The lowest BCUT2D eigenvalue weighted by atomic mass is 9.61. The molecule has 4 fully saturated rings. The monoisotopic (exact) mass is 346 g/mol. The molecule has 5 aliphatic rings. The van der Waals surface area contributed by atoms with Gasteiger partial charge in [0.2, 0.25) is 0 Å². The van der Waals surface area contributed by atoms with Crippen LogP contribution in [0.25, 0.3) is 0 Å². The van der Waals surface area contributed by atoms with Crippen LogP contribution in [0.4, 0.5) is 0 Å². The average Bonchev–Trinajstić information content (AvgIpc) is 3.02. The number of hydrogen-bond donors (Lipinski definition) is 4. The summed E-state index contributed by atoms with van der Waals surface area (Å²) in [5.74, 6) is -3.69. The Labute approximate surface area is 144 Å². The highest BCUT2D eigenvalue weighted by atomic mass is 16.4. The molecule has 1 spiro atoms. The average molecular weight is 346 g/mol. The molecule has 4 saturated carbocycles. The maximum atomic E-state index is 12.8. The zero-order valence-corrected chi connectivity index (χ0v) is 14.0. The van der Waals surface area contributed by atoms with Crippen LogP contribution in [0, 0.1) is 28.6 Å². The summed E-state index contributed by atoms with van der Waals surface area (Å²) >= 11 is 0. The zero-order chi connectivity index (χ0) is 18.2. The van der Waals surface area contributed by atoms with Gasteiger partial charge in [0.15, 0.2) is 5.78 Å². The van der Waals surface area contributed by atoms with Gasteiger partial charge >= 0.3 is 5.97 Å². The Bertz CT molecular complexity index is 800. The van der Waals surface area contributed by atoms with Crippen molar-refractivity contribution >= 4 is 11.8 Å². The topological polar surface area (TPSA) is 115 Å². The molecule has 0 saturated heterocycles. The van der Waals surface area contributed by atoms with Crippen molar-refractivity contribution in [3.8, 4) is 0 Å². The third-order valence-corrected chi connectivity index (χ3v) is 8.34. The van der Waals surface area contributed by atoms with E-state index in [4.69, 9.17) is 0 Å². The first-order valence-corrected chi connectivity index (χ1v) is 8.84. The number of carbonyl (C=O) groups is 2. The van der Waals surface area contributed by atoms with Gasteiger partial charge in [0.1, 0.15) is 5.60 Å². The van der Waals surface area contributed by atoms with Crippen molar-refractivity contribution in [3.63, 3.8) is 0 Å². The highest BCUT2D eigenvalue weighted by Crippen LogP contribution is 2.78. The third-order valence-electron chi connectivity index (χ3n) is 8.34. The Morgan fingerprint density at radius 1 is 1.36 bits per heavy atom. The molecule has 5 rings (SSSR count). The van der Waals surface area contributed by atoms with Crippen LogP contribution >= 0.6 is 0 Å². The SMILES string of the molecule is C=C1C[C@]23C[C@@]1(O)CC[C@H]2[C@]1(O)C2=C[C@H](O)[C@@](C)(C2=O)[C@H]1[C@@H]3C(=O)O. The molecule has 8 atom stereocenters. The number of fused-ring (bicyclic) bond motifs is 7. The molecule has 0 aromatic carbocycles. The van der Waals surface area contributed by atoms with Crippen LogP contribution in [0.15, 0.2) is 23.8 Å². The molecule has 0 amide bonds. The van der Waals surface area contributed by atoms with Gasteiger partial charge in [-0.15, -0.1) is 0 Å². The number of carbonyl (C=O) groups excluding carboxylic acids is 1. The lowest BCUT2D eigenvalue weighted by Crippen LogP contribution is -2.50. The van der Waals surface area contributed by atoms with Gasteiger partial charge in [-0.2, -0.15) is 0 Å². The first kappa shape index (κ1) is 15.7. The highest BCUT2D eigenvalue weighted by Gasteiger charge is 2.84. The molecule has 4 bridgehead atoms. The van der Waals surface area contributed by atoms with Gasteiger partial charge < -0.3 is 20.4 Å². The number of ketones is 1. The van der Waals surface area contributed by atoms with Crippen molar-refractivity contribution in [2.45, 2.75) is 49.9 Å². The number of carboxylic acid groups (broad SMARTS) is 1. The highest BCUT2D eigenvalue weighted by molar-refractivity contribution is 6.09. The minimum Gasteiger partial charge on any atom is -0.481 e. The molecule has 6 heteroatoms. The normalized spacial score (nSPS) is 58.3. The predicted molar refractivity (Wildman–Crippen MR) is 85.3 cm³/mol. The number of carboxylic acids is 1. The van der Waals surface area contributed by atoms with Crippen LogP contribution in [0.5, 0.6) is 0 Å². The molecule has 5 aliphatic carbocycles. The fourth-order valence-electron chi connectivity index (χ4n) is 7.39. The van der Waals surface area contributed by atoms with Crippen LogP contribution < -0.4 is 0 Å². The smallest absolute Gasteiger partial charge is 0.307 e. The Balaban J connectivity index is 1.79. The fourth-order valence-corrected chi connectivity index (χ4v) is 7.39. The van der Waals surface area contributed by atoms with E-state index >= 15 is 0 Å². The van der Waals surface area contributed by atoms with Gasteiger partial charge in [-0.05, 0) is 55.6 Å². The number of aliphatic hydroxyl groups is 3. The van der Waals surface area contributed by atoms with E-state index in [1.54, 1.807) is 6.92 Å². The molecular weight excluding hydrogens is 324 g/mol. The number of rotatable bonds is 1. The summed E-state index contributed by atoms with van der Waals surface area (Å²) in [4.78, 5) is 25.2. The van der Waals surface area contributed by atoms with Crippen LogP contribution in [0.3, 0.4) is 0 Å². The lowest BCUT2D eigenvalue weighted by Gasteiger charge is -2.44. The van der Waals surface area contributed by atoms with E-state index in [1.807, 2.05) is 0 Å². The maximum Gasteiger partial charge on any atom is 0.307 e. The maximum absolute atomic E-state index is 12.8. The van der Waals surface area contributed by atoms with Crippen molar-refractivity contribution in [1.29, 1.82) is 0 Å². The molecule has 0 heterocycles. The Morgan fingerprint density at radius 2 is 2.04 bits per heavy atom. The van der Waals surface area contributed by atoms with Crippen molar-refractivity contribution in [1.82, 2.24) is 0 Å². The Hall–Kier alpha value is -1.50. The van der Waals surface area contributed by atoms with Crippen LogP contribution in [-0.2, 0) is 9.59 Å². The quantitative estimate of drug-likeness (QED) is 0.512. The van der Waals surface area contributed by atoms with Crippen molar-refractivity contribution < 1.29 is 30.0 Å². The van der Waals surface area contributed by atoms with Gasteiger partial charge in [-0.3, -0.25) is 9.59 Å². The van der Waals surface area contributed by atoms with E-state index in [1.165, 1.54) is 6.08 Å². The first-order chi connectivity index (χ1) is 11.5. The molecule has 25 heavy (non-hydrogen) atoms. The third kappa shape index (κ3) is 1.29. The Kier molecular flexibility index (Phi) is 2.47. The van der Waals surface area contributed by atoms with E-state index in [0.717, 1.165) is 0 Å². The summed E-state index contributed by atoms with van der Waals surface area (Å²) in [7, 11) is 0. The molecule has 0 aromatic heterocycles. The Morgan fingerprint density at radius 3 is 2.68 bits per heavy atom. The molecular formula is C19H22O6. The summed E-state index contributed by atoms with van der Waals surface area (Å²) in [5.41, 5.74) is -3.95.